The number of halogens is 1. The minimum Gasteiger partial charge on any atom is -0.349 e. The Balaban J connectivity index is 1.27. The van der Waals surface area contributed by atoms with Crippen molar-refractivity contribution >= 4 is 28.5 Å². The van der Waals surface area contributed by atoms with Crippen LogP contribution in [0, 0.1) is 6.92 Å². The normalized spacial score (nSPS) is 15.3. The van der Waals surface area contributed by atoms with Gasteiger partial charge in [-0.1, -0.05) is 69.2 Å². The van der Waals surface area contributed by atoms with Gasteiger partial charge in [0.15, 0.2) is 0 Å². The summed E-state index contributed by atoms with van der Waals surface area (Å²) < 4.78 is 4.06. The lowest BCUT2D eigenvalue weighted by atomic mass is 9.95. The summed E-state index contributed by atoms with van der Waals surface area (Å²) in [7, 11) is 0. The molecule has 2 aromatic heterocycles. The Morgan fingerprint density at radius 1 is 1.11 bits per heavy atom. The van der Waals surface area contributed by atoms with E-state index in [0.29, 0.717) is 22.3 Å². The number of carbonyl (C=O) groups is 1. The third kappa shape index (κ3) is 6.20. The van der Waals surface area contributed by atoms with Crippen LogP contribution in [0.15, 0.2) is 41.3 Å². The van der Waals surface area contributed by atoms with Crippen molar-refractivity contribution in [2.75, 3.05) is 0 Å². The molecule has 0 bridgehead atoms. The highest BCUT2D eigenvalue weighted by Gasteiger charge is 2.22. The molecule has 0 unspecified atom stereocenters. The monoisotopic (exact) mass is 510 g/mol. The van der Waals surface area contributed by atoms with Crippen LogP contribution in [0.1, 0.15) is 99.6 Å². The standard InChI is InChI=1S/C29H39ClN4O2/c1-3-23(32-28(35)25-19-22(30)20-31-21(25)2)13-7-4-5-12-18-33-26-16-10-11-17-27(26)34(29(33)36)24-14-8-6-9-15-24/h10-11,16-17,19-20,23-24H,3-9,12-15,18H2,1-2H3,(H,32,35)/t23-/m0/s1. The maximum absolute atomic E-state index is 13.4. The first kappa shape index (κ1) is 26.5. The van der Waals surface area contributed by atoms with Gasteiger partial charge in [-0.3, -0.25) is 18.9 Å². The van der Waals surface area contributed by atoms with Crippen LogP contribution in [-0.4, -0.2) is 26.1 Å². The number of nitrogens with zero attached hydrogens (tertiary/aromatic N) is 3. The molecule has 1 atom stereocenters. The van der Waals surface area contributed by atoms with Gasteiger partial charge in [-0.05, 0) is 57.2 Å². The molecule has 6 nitrogen and oxygen atoms in total. The molecule has 1 N–H and O–H groups in total. The third-order valence-corrected chi connectivity index (χ3v) is 7.83. The molecule has 0 spiro atoms. The summed E-state index contributed by atoms with van der Waals surface area (Å²) >= 11 is 6.03. The van der Waals surface area contributed by atoms with Crippen LogP contribution in [0.25, 0.3) is 11.0 Å². The first-order valence-electron chi connectivity index (χ1n) is 13.6. The number of fused-ring (bicyclic) bond motifs is 1. The van der Waals surface area contributed by atoms with Crippen LogP contribution in [0.5, 0.6) is 0 Å². The Morgan fingerprint density at radius 2 is 1.83 bits per heavy atom. The van der Waals surface area contributed by atoms with Crippen molar-refractivity contribution < 1.29 is 4.79 Å². The molecule has 2 heterocycles. The molecule has 1 fully saturated rings. The van der Waals surface area contributed by atoms with Crippen molar-refractivity contribution in [2.24, 2.45) is 0 Å². The van der Waals surface area contributed by atoms with Crippen LogP contribution in [-0.2, 0) is 6.54 Å². The molecule has 36 heavy (non-hydrogen) atoms. The Bertz CT molecular complexity index is 1230. The molecule has 3 aromatic rings. The van der Waals surface area contributed by atoms with Gasteiger partial charge in [-0.2, -0.15) is 0 Å². The van der Waals surface area contributed by atoms with Crippen molar-refractivity contribution in [3.05, 3.63) is 63.3 Å². The minimum atomic E-state index is -0.108. The van der Waals surface area contributed by atoms with Gasteiger partial charge < -0.3 is 5.32 Å². The van der Waals surface area contributed by atoms with Gasteiger partial charge in [0.1, 0.15) is 0 Å². The number of carbonyl (C=O) groups excluding carboxylic acids is 1. The van der Waals surface area contributed by atoms with Gasteiger partial charge in [0.25, 0.3) is 5.91 Å². The number of nitrogens with one attached hydrogen (secondary N) is 1. The molecule has 1 saturated carbocycles. The SMILES string of the molecule is CC[C@@H](CCCCCCn1c(=O)n(C2CCCCC2)c2ccccc21)NC(=O)c1cc(Cl)cnc1C. The second-order valence-corrected chi connectivity index (χ2v) is 10.6. The van der Waals surface area contributed by atoms with Crippen molar-refractivity contribution in [1.82, 2.24) is 19.4 Å². The Hall–Kier alpha value is -2.60. The number of amides is 1. The fraction of sp³-hybridized carbons (Fsp3) is 0.552. The van der Waals surface area contributed by atoms with E-state index in [0.717, 1.165) is 68.9 Å². The van der Waals surface area contributed by atoms with E-state index in [4.69, 9.17) is 11.6 Å². The highest BCUT2D eigenvalue weighted by molar-refractivity contribution is 6.30. The zero-order chi connectivity index (χ0) is 25.5. The number of aromatic nitrogens is 3. The average Bonchev–Trinajstić information content (AvgIpc) is 3.18. The largest absolute Gasteiger partial charge is 0.349 e. The number of benzene rings is 1. The molecule has 1 amide bonds. The zero-order valence-electron chi connectivity index (χ0n) is 21.6. The fourth-order valence-corrected chi connectivity index (χ4v) is 5.69. The number of hydrogen-bond donors (Lipinski definition) is 1. The second kappa shape index (κ2) is 12.6. The van der Waals surface area contributed by atoms with E-state index in [2.05, 4.69) is 33.9 Å². The summed E-state index contributed by atoms with van der Waals surface area (Å²) in [5.74, 6) is -0.108. The number of para-hydroxylation sites is 2. The highest BCUT2D eigenvalue weighted by Crippen LogP contribution is 2.30. The molecule has 1 aliphatic carbocycles. The summed E-state index contributed by atoms with van der Waals surface area (Å²) in [6.07, 6.45) is 13.5. The Morgan fingerprint density at radius 3 is 2.58 bits per heavy atom. The zero-order valence-corrected chi connectivity index (χ0v) is 22.4. The Kier molecular flexibility index (Phi) is 9.24. The lowest BCUT2D eigenvalue weighted by Crippen LogP contribution is -2.34. The van der Waals surface area contributed by atoms with Crippen molar-refractivity contribution in [1.29, 1.82) is 0 Å². The summed E-state index contributed by atoms with van der Waals surface area (Å²) in [5, 5.41) is 3.62. The molecule has 1 aromatic carbocycles. The number of imidazole rings is 1. The van der Waals surface area contributed by atoms with Gasteiger partial charge in [0, 0.05) is 24.8 Å². The summed E-state index contributed by atoms with van der Waals surface area (Å²) in [6.45, 7) is 4.68. The number of rotatable bonds is 11. The van der Waals surface area contributed by atoms with Gasteiger partial charge in [-0.15, -0.1) is 0 Å². The lowest BCUT2D eigenvalue weighted by Gasteiger charge is -2.22. The quantitative estimate of drug-likeness (QED) is 0.287. The fourth-order valence-electron chi connectivity index (χ4n) is 5.53. The molecular weight excluding hydrogens is 472 g/mol. The van der Waals surface area contributed by atoms with Gasteiger partial charge >= 0.3 is 5.69 Å². The third-order valence-electron chi connectivity index (χ3n) is 7.62. The van der Waals surface area contributed by atoms with E-state index in [9.17, 15) is 9.59 Å². The lowest BCUT2D eigenvalue weighted by molar-refractivity contribution is 0.0932. The molecule has 0 radical (unpaired) electrons. The molecule has 194 valence electrons. The summed E-state index contributed by atoms with van der Waals surface area (Å²) in [6, 6.07) is 10.4. The van der Waals surface area contributed by atoms with Crippen LogP contribution in [0.2, 0.25) is 5.02 Å². The van der Waals surface area contributed by atoms with Crippen LogP contribution >= 0.6 is 11.6 Å². The molecule has 4 rings (SSSR count). The van der Waals surface area contributed by atoms with Gasteiger partial charge in [0.05, 0.1) is 27.3 Å². The molecule has 7 heteroatoms. The van der Waals surface area contributed by atoms with E-state index >= 15 is 0 Å². The van der Waals surface area contributed by atoms with Crippen molar-refractivity contribution in [3.63, 3.8) is 0 Å². The predicted octanol–water partition coefficient (Wildman–Crippen LogP) is 6.82. The molecule has 0 saturated heterocycles. The topological polar surface area (TPSA) is 68.9 Å². The molecular formula is C29H39ClN4O2. The summed E-state index contributed by atoms with van der Waals surface area (Å²) in [5.41, 5.74) is 3.53. The van der Waals surface area contributed by atoms with Crippen LogP contribution in [0.3, 0.4) is 0 Å². The maximum atomic E-state index is 13.4. The highest BCUT2D eigenvalue weighted by atomic mass is 35.5. The second-order valence-electron chi connectivity index (χ2n) is 10.2. The van der Waals surface area contributed by atoms with Gasteiger partial charge in [-0.25, -0.2) is 4.79 Å². The van der Waals surface area contributed by atoms with E-state index in [-0.39, 0.29) is 17.6 Å². The number of aryl methyl sites for hydroxylation is 2. The van der Waals surface area contributed by atoms with Gasteiger partial charge in [0.2, 0.25) is 0 Å². The van der Waals surface area contributed by atoms with Crippen LogP contribution < -0.4 is 11.0 Å². The summed E-state index contributed by atoms with van der Waals surface area (Å²) in [4.78, 5) is 30.3. The van der Waals surface area contributed by atoms with Crippen molar-refractivity contribution in [2.45, 2.75) is 103 Å². The van der Waals surface area contributed by atoms with E-state index in [1.807, 2.05) is 23.6 Å². The number of unbranched alkanes of at least 4 members (excludes halogenated alkanes) is 3. The smallest absolute Gasteiger partial charge is 0.329 e. The maximum Gasteiger partial charge on any atom is 0.329 e. The minimum absolute atomic E-state index is 0.108. The van der Waals surface area contributed by atoms with E-state index in [1.165, 1.54) is 19.3 Å². The molecule has 0 aliphatic heterocycles. The number of pyridine rings is 1. The Labute approximate surface area is 219 Å². The van der Waals surface area contributed by atoms with Crippen molar-refractivity contribution in [3.8, 4) is 0 Å². The van der Waals surface area contributed by atoms with E-state index in [1.54, 1.807) is 12.3 Å². The van der Waals surface area contributed by atoms with E-state index < -0.39 is 0 Å². The predicted molar refractivity (Wildman–Crippen MR) is 147 cm³/mol. The first-order valence-corrected chi connectivity index (χ1v) is 14.0. The molecule has 1 aliphatic rings. The number of hydrogen-bond acceptors (Lipinski definition) is 3. The first-order chi connectivity index (χ1) is 17.5. The average molecular weight is 511 g/mol. The van der Waals surface area contributed by atoms with Crippen LogP contribution in [0.4, 0.5) is 0 Å².